The molecule has 3 atom stereocenters. The second-order valence-corrected chi connectivity index (χ2v) is 5.55. The summed E-state index contributed by atoms with van der Waals surface area (Å²) in [7, 11) is 2.17. The Morgan fingerprint density at radius 1 is 1.20 bits per heavy atom. The summed E-state index contributed by atoms with van der Waals surface area (Å²) in [6.45, 7) is 11.0. The lowest BCUT2D eigenvalue weighted by molar-refractivity contribution is 0.233. The summed E-state index contributed by atoms with van der Waals surface area (Å²) in [5, 5.41) is 0. The van der Waals surface area contributed by atoms with Crippen molar-refractivity contribution < 1.29 is 0 Å². The molecule has 15 heavy (non-hydrogen) atoms. The molecule has 0 saturated heterocycles. The van der Waals surface area contributed by atoms with Gasteiger partial charge in [0.25, 0.3) is 0 Å². The van der Waals surface area contributed by atoms with E-state index in [9.17, 15) is 0 Å². The summed E-state index contributed by atoms with van der Waals surface area (Å²) in [5.41, 5.74) is 0. The first-order valence-electron chi connectivity index (χ1n) is 6.40. The molecule has 0 bridgehead atoms. The molecule has 0 radical (unpaired) electrons. The molecule has 1 fully saturated rings. The average molecular weight is 209 g/mol. The number of hydrogen-bond donors (Lipinski definition) is 0. The second kappa shape index (κ2) is 5.58. The Morgan fingerprint density at radius 3 is 2.33 bits per heavy atom. The third-order valence-electron chi connectivity index (χ3n) is 4.24. The largest absolute Gasteiger partial charge is 0.378 e. The van der Waals surface area contributed by atoms with E-state index in [4.69, 9.17) is 0 Å². The van der Waals surface area contributed by atoms with Crippen molar-refractivity contribution in [3.8, 4) is 0 Å². The highest BCUT2D eigenvalue weighted by molar-refractivity contribution is 4.85. The lowest BCUT2D eigenvalue weighted by Crippen LogP contribution is -2.32. The highest BCUT2D eigenvalue weighted by Crippen LogP contribution is 2.33. The standard InChI is InChI=1S/C14H27N/c1-6-15(5)14-10-9-13(11(2)3)8-7-12(14)4/h6,11-14H,1,7-10H2,2-5H3. The first kappa shape index (κ1) is 12.6. The van der Waals surface area contributed by atoms with E-state index in [0.29, 0.717) is 6.04 Å². The lowest BCUT2D eigenvalue weighted by Gasteiger charge is -2.30. The Bertz CT molecular complexity index is 198. The van der Waals surface area contributed by atoms with E-state index in [1.54, 1.807) is 0 Å². The quantitative estimate of drug-likeness (QED) is 0.637. The molecular formula is C14H27N. The molecule has 3 unspecified atom stereocenters. The Kier molecular flexibility index (Phi) is 4.69. The molecular weight excluding hydrogens is 182 g/mol. The van der Waals surface area contributed by atoms with Crippen LogP contribution in [0.4, 0.5) is 0 Å². The molecule has 0 heterocycles. The maximum atomic E-state index is 3.88. The third kappa shape index (κ3) is 3.25. The molecule has 0 aromatic rings. The van der Waals surface area contributed by atoms with Crippen molar-refractivity contribution in [2.45, 2.75) is 52.5 Å². The van der Waals surface area contributed by atoms with E-state index in [2.05, 4.69) is 39.3 Å². The van der Waals surface area contributed by atoms with Gasteiger partial charge in [0.1, 0.15) is 0 Å². The van der Waals surface area contributed by atoms with Gasteiger partial charge in [-0.3, -0.25) is 0 Å². The van der Waals surface area contributed by atoms with E-state index in [1.807, 2.05) is 6.20 Å². The van der Waals surface area contributed by atoms with Crippen LogP contribution in [0, 0.1) is 17.8 Å². The van der Waals surface area contributed by atoms with Gasteiger partial charge in [0.05, 0.1) is 0 Å². The van der Waals surface area contributed by atoms with Crippen LogP contribution in [0.5, 0.6) is 0 Å². The predicted octanol–water partition coefficient (Wildman–Crippen LogP) is 3.91. The molecule has 0 amide bonds. The fourth-order valence-electron chi connectivity index (χ4n) is 2.89. The first-order valence-corrected chi connectivity index (χ1v) is 6.40. The van der Waals surface area contributed by atoms with Crippen LogP contribution in [0.1, 0.15) is 46.5 Å². The zero-order valence-corrected chi connectivity index (χ0v) is 10.9. The van der Waals surface area contributed by atoms with Gasteiger partial charge in [-0.2, -0.15) is 0 Å². The molecule has 1 rings (SSSR count). The monoisotopic (exact) mass is 209 g/mol. The van der Waals surface area contributed by atoms with Crippen molar-refractivity contribution >= 4 is 0 Å². The summed E-state index contributed by atoms with van der Waals surface area (Å²) in [6, 6.07) is 0.714. The molecule has 1 aliphatic carbocycles. The smallest absolute Gasteiger partial charge is 0.0306 e. The van der Waals surface area contributed by atoms with Crippen molar-refractivity contribution in [2.24, 2.45) is 17.8 Å². The van der Waals surface area contributed by atoms with Crippen molar-refractivity contribution in [3.05, 3.63) is 12.8 Å². The Balaban J connectivity index is 2.59. The minimum Gasteiger partial charge on any atom is -0.378 e. The van der Waals surface area contributed by atoms with Gasteiger partial charge in [-0.1, -0.05) is 27.4 Å². The van der Waals surface area contributed by atoms with Crippen molar-refractivity contribution in [3.63, 3.8) is 0 Å². The zero-order chi connectivity index (χ0) is 11.4. The van der Waals surface area contributed by atoms with Crippen molar-refractivity contribution in [2.75, 3.05) is 7.05 Å². The van der Waals surface area contributed by atoms with Gasteiger partial charge in [-0.05, 0) is 49.6 Å². The van der Waals surface area contributed by atoms with Crippen LogP contribution >= 0.6 is 0 Å². The Labute approximate surface area is 95.5 Å². The fraction of sp³-hybridized carbons (Fsp3) is 0.857. The van der Waals surface area contributed by atoms with Gasteiger partial charge < -0.3 is 4.90 Å². The van der Waals surface area contributed by atoms with Crippen LogP contribution < -0.4 is 0 Å². The third-order valence-corrected chi connectivity index (χ3v) is 4.24. The van der Waals surface area contributed by atoms with Crippen LogP contribution in [-0.4, -0.2) is 18.0 Å². The lowest BCUT2D eigenvalue weighted by atomic mass is 9.89. The fourth-order valence-corrected chi connectivity index (χ4v) is 2.89. The Hall–Kier alpha value is -0.460. The molecule has 1 nitrogen and oxygen atoms in total. The summed E-state index contributed by atoms with van der Waals surface area (Å²) < 4.78 is 0. The molecule has 0 spiro atoms. The minimum atomic E-state index is 0.714. The van der Waals surface area contributed by atoms with Gasteiger partial charge in [0.15, 0.2) is 0 Å². The van der Waals surface area contributed by atoms with Gasteiger partial charge >= 0.3 is 0 Å². The molecule has 88 valence electrons. The van der Waals surface area contributed by atoms with E-state index in [1.165, 1.54) is 25.7 Å². The first-order chi connectivity index (χ1) is 7.06. The molecule has 0 N–H and O–H groups in total. The molecule has 1 saturated carbocycles. The second-order valence-electron chi connectivity index (χ2n) is 5.55. The van der Waals surface area contributed by atoms with Crippen molar-refractivity contribution in [1.82, 2.24) is 4.90 Å². The van der Waals surface area contributed by atoms with Crippen LogP contribution in [0.2, 0.25) is 0 Å². The van der Waals surface area contributed by atoms with E-state index >= 15 is 0 Å². The van der Waals surface area contributed by atoms with Crippen LogP contribution in [-0.2, 0) is 0 Å². The molecule has 0 aromatic carbocycles. The molecule has 1 aliphatic rings. The summed E-state index contributed by atoms with van der Waals surface area (Å²) in [6.07, 6.45) is 7.51. The molecule has 0 aliphatic heterocycles. The highest BCUT2D eigenvalue weighted by Gasteiger charge is 2.27. The summed E-state index contributed by atoms with van der Waals surface area (Å²) in [4.78, 5) is 2.31. The summed E-state index contributed by atoms with van der Waals surface area (Å²) >= 11 is 0. The summed E-state index contributed by atoms with van der Waals surface area (Å²) in [5.74, 6) is 2.61. The Morgan fingerprint density at radius 2 is 1.80 bits per heavy atom. The molecule has 0 aromatic heterocycles. The maximum absolute atomic E-state index is 3.88. The van der Waals surface area contributed by atoms with E-state index < -0.39 is 0 Å². The topological polar surface area (TPSA) is 3.24 Å². The van der Waals surface area contributed by atoms with Crippen LogP contribution in [0.3, 0.4) is 0 Å². The SMILES string of the molecule is C=CN(C)C1CCC(C(C)C)CCC1C. The highest BCUT2D eigenvalue weighted by atomic mass is 15.1. The number of hydrogen-bond acceptors (Lipinski definition) is 1. The number of nitrogens with zero attached hydrogens (tertiary/aromatic N) is 1. The normalized spacial score (nSPS) is 32.5. The predicted molar refractivity (Wildman–Crippen MR) is 67.7 cm³/mol. The minimum absolute atomic E-state index is 0.714. The van der Waals surface area contributed by atoms with Gasteiger partial charge in [-0.25, -0.2) is 0 Å². The van der Waals surface area contributed by atoms with Crippen LogP contribution in [0.25, 0.3) is 0 Å². The number of rotatable bonds is 3. The van der Waals surface area contributed by atoms with E-state index in [0.717, 1.165) is 17.8 Å². The average Bonchev–Trinajstić information content (AvgIpc) is 2.39. The maximum Gasteiger partial charge on any atom is 0.0306 e. The van der Waals surface area contributed by atoms with Gasteiger partial charge in [0.2, 0.25) is 0 Å². The molecule has 1 heteroatoms. The zero-order valence-electron chi connectivity index (χ0n) is 10.9. The van der Waals surface area contributed by atoms with Crippen LogP contribution in [0.15, 0.2) is 12.8 Å². The van der Waals surface area contributed by atoms with Crippen molar-refractivity contribution in [1.29, 1.82) is 0 Å². The van der Waals surface area contributed by atoms with Gasteiger partial charge in [-0.15, -0.1) is 0 Å². The van der Waals surface area contributed by atoms with E-state index in [-0.39, 0.29) is 0 Å². The van der Waals surface area contributed by atoms with Gasteiger partial charge in [0, 0.05) is 13.1 Å².